The Hall–Kier alpha value is -2.25. The van der Waals surface area contributed by atoms with Crippen LogP contribution in [0.4, 0.5) is 23.7 Å². The molecule has 122 valence electrons. The van der Waals surface area contributed by atoms with Crippen LogP contribution < -0.4 is 5.32 Å². The maximum absolute atomic E-state index is 13.7. The molecule has 0 aliphatic rings. The van der Waals surface area contributed by atoms with Gasteiger partial charge in [-0.05, 0) is 39.0 Å². The molecule has 0 fully saturated rings. The van der Waals surface area contributed by atoms with Gasteiger partial charge in [0.1, 0.15) is 17.8 Å². The second-order valence-corrected chi connectivity index (χ2v) is 5.60. The summed E-state index contributed by atoms with van der Waals surface area (Å²) >= 11 is 0. The van der Waals surface area contributed by atoms with E-state index in [0.717, 1.165) is 12.1 Å². The Morgan fingerprint density at radius 3 is 2.36 bits per heavy atom. The standard InChI is InChI=1S/C14H16F3NO4/c1-13(2,3)22-12(21)18-8-4-5-10(15)9(6-8)14(16,17)7-11(19)20/h4-6H,7H2,1-3H3,(H,18,21)(H,19,20). The van der Waals surface area contributed by atoms with E-state index >= 15 is 0 Å². The molecule has 0 atom stereocenters. The molecule has 0 bridgehead atoms. The highest BCUT2D eigenvalue weighted by Crippen LogP contribution is 2.35. The van der Waals surface area contributed by atoms with E-state index in [2.05, 4.69) is 5.32 Å². The van der Waals surface area contributed by atoms with Crippen molar-refractivity contribution in [1.29, 1.82) is 0 Å². The monoisotopic (exact) mass is 319 g/mol. The highest BCUT2D eigenvalue weighted by atomic mass is 19.3. The lowest BCUT2D eigenvalue weighted by atomic mass is 10.0. The lowest BCUT2D eigenvalue weighted by Gasteiger charge is -2.20. The Labute approximate surface area is 125 Å². The van der Waals surface area contributed by atoms with Crippen LogP contribution in [-0.2, 0) is 15.5 Å². The van der Waals surface area contributed by atoms with Crippen molar-refractivity contribution in [1.82, 2.24) is 0 Å². The smallest absolute Gasteiger partial charge is 0.412 e. The van der Waals surface area contributed by atoms with Crippen molar-refractivity contribution in [3.63, 3.8) is 0 Å². The van der Waals surface area contributed by atoms with Gasteiger partial charge in [-0.2, -0.15) is 0 Å². The van der Waals surface area contributed by atoms with Gasteiger partial charge in [-0.15, -0.1) is 0 Å². The largest absolute Gasteiger partial charge is 0.481 e. The quantitative estimate of drug-likeness (QED) is 0.886. The number of halogens is 3. The van der Waals surface area contributed by atoms with Crippen LogP contribution in [0, 0.1) is 5.82 Å². The Morgan fingerprint density at radius 1 is 1.27 bits per heavy atom. The number of carboxylic acid groups (broad SMARTS) is 1. The summed E-state index contributed by atoms with van der Waals surface area (Å²) in [5, 5.41) is 10.6. The number of aliphatic carboxylic acids is 1. The van der Waals surface area contributed by atoms with Crippen LogP contribution in [0.2, 0.25) is 0 Å². The molecular formula is C14H16F3NO4. The molecule has 2 N–H and O–H groups in total. The van der Waals surface area contributed by atoms with Gasteiger partial charge in [0.15, 0.2) is 0 Å². The summed E-state index contributed by atoms with van der Waals surface area (Å²) in [5.41, 5.74) is -2.03. The predicted octanol–water partition coefficient (Wildman–Crippen LogP) is 3.74. The minimum Gasteiger partial charge on any atom is -0.481 e. The van der Waals surface area contributed by atoms with E-state index in [-0.39, 0.29) is 5.69 Å². The molecule has 1 aromatic rings. The number of nitrogens with one attached hydrogen (secondary N) is 1. The normalized spacial score (nSPS) is 11.9. The maximum Gasteiger partial charge on any atom is 0.412 e. The van der Waals surface area contributed by atoms with Gasteiger partial charge in [0.2, 0.25) is 0 Å². The molecule has 0 aliphatic carbocycles. The van der Waals surface area contributed by atoms with Crippen LogP contribution in [0.1, 0.15) is 32.8 Å². The molecule has 0 heterocycles. The SMILES string of the molecule is CC(C)(C)OC(=O)Nc1ccc(F)c(C(F)(F)CC(=O)O)c1. The minimum absolute atomic E-state index is 0.129. The molecule has 5 nitrogen and oxygen atoms in total. The number of carboxylic acids is 1. The molecule has 0 unspecified atom stereocenters. The van der Waals surface area contributed by atoms with Crippen molar-refractivity contribution in [3.05, 3.63) is 29.6 Å². The molecule has 0 spiro atoms. The van der Waals surface area contributed by atoms with E-state index in [0.29, 0.717) is 6.07 Å². The number of ether oxygens (including phenoxy) is 1. The van der Waals surface area contributed by atoms with Gasteiger partial charge in [-0.3, -0.25) is 10.1 Å². The number of anilines is 1. The summed E-state index contributed by atoms with van der Waals surface area (Å²) < 4.78 is 45.8. The van der Waals surface area contributed by atoms with E-state index in [1.807, 2.05) is 0 Å². The van der Waals surface area contributed by atoms with E-state index in [9.17, 15) is 22.8 Å². The lowest BCUT2D eigenvalue weighted by molar-refractivity contribution is -0.145. The number of carbonyl (C=O) groups excluding carboxylic acids is 1. The van der Waals surface area contributed by atoms with Gasteiger partial charge >= 0.3 is 12.1 Å². The summed E-state index contributed by atoms with van der Waals surface area (Å²) in [6.45, 7) is 4.84. The third-order valence-corrected chi connectivity index (χ3v) is 2.38. The van der Waals surface area contributed by atoms with Gasteiger partial charge in [0.25, 0.3) is 5.92 Å². The first-order valence-corrected chi connectivity index (χ1v) is 6.30. The molecule has 8 heteroatoms. The van der Waals surface area contributed by atoms with Crippen LogP contribution in [-0.4, -0.2) is 22.8 Å². The first-order chi connectivity index (χ1) is 9.90. The van der Waals surface area contributed by atoms with Gasteiger partial charge in [0, 0.05) is 5.69 Å². The summed E-state index contributed by atoms with van der Waals surface area (Å²) in [7, 11) is 0. The van der Waals surface area contributed by atoms with Crippen molar-refractivity contribution >= 4 is 17.7 Å². The third kappa shape index (κ3) is 5.27. The minimum atomic E-state index is -3.90. The van der Waals surface area contributed by atoms with Gasteiger partial charge in [-0.1, -0.05) is 0 Å². The average molecular weight is 319 g/mol. The van der Waals surface area contributed by atoms with Crippen LogP contribution in [0.15, 0.2) is 18.2 Å². The molecule has 1 aromatic carbocycles. The van der Waals surface area contributed by atoms with Crippen molar-refractivity contribution in [2.24, 2.45) is 0 Å². The fraction of sp³-hybridized carbons (Fsp3) is 0.429. The molecule has 0 saturated carbocycles. The molecule has 22 heavy (non-hydrogen) atoms. The topological polar surface area (TPSA) is 75.6 Å². The number of alkyl halides is 2. The van der Waals surface area contributed by atoms with E-state index in [1.54, 1.807) is 20.8 Å². The van der Waals surface area contributed by atoms with Crippen molar-refractivity contribution in [2.75, 3.05) is 5.32 Å². The Bertz CT molecular complexity index is 582. The van der Waals surface area contributed by atoms with Crippen LogP contribution in [0.25, 0.3) is 0 Å². The van der Waals surface area contributed by atoms with Crippen LogP contribution in [0.3, 0.4) is 0 Å². The number of hydrogen-bond acceptors (Lipinski definition) is 3. The zero-order valence-corrected chi connectivity index (χ0v) is 12.2. The van der Waals surface area contributed by atoms with Crippen LogP contribution in [0.5, 0.6) is 0 Å². The van der Waals surface area contributed by atoms with E-state index < -0.39 is 41.4 Å². The molecule has 0 radical (unpaired) electrons. The Kier molecular flexibility index (Phi) is 5.05. The zero-order valence-electron chi connectivity index (χ0n) is 12.2. The van der Waals surface area contributed by atoms with E-state index in [4.69, 9.17) is 9.84 Å². The fourth-order valence-electron chi connectivity index (χ4n) is 1.59. The molecule has 1 rings (SSSR count). The first kappa shape index (κ1) is 17.8. The molecule has 0 aromatic heterocycles. The number of benzene rings is 1. The molecule has 1 amide bonds. The number of rotatable bonds is 4. The average Bonchev–Trinajstić information content (AvgIpc) is 2.27. The van der Waals surface area contributed by atoms with Gasteiger partial charge in [-0.25, -0.2) is 18.0 Å². The molecule has 0 aliphatic heterocycles. The van der Waals surface area contributed by atoms with Crippen LogP contribution >= 0.6 is 0 Å². The maximum atomic E-state index is 13.7. The first-order valence-electron chi connectivity index (χ1n) is 6.30. The third-order valence-electron chi connectivity index (χ3n) is 2.38. The molecular weight excluding hydrogens is 303 g/mol. The fourth-order valence-corrected chi connectivity index (χ4v) is 1.59. The Balaban J connectivity index is 3.00. The van der Waals surface area contributed by atoms with Crippen molar-refractivity contribution in [2.45, 2.75) is 38.7 Å². The van der Waals surface area contributed by atoms with Gasteiger partial charge in [0.05, 0.1) is 5.56 Å². The van der Waals surface area contributed by atoms with Crippen molar-refractivity contribution in [3.8, 4) is 0 Å². The predicted molar refractivity (Wildman–Crippen MR) is 72.4 cm³/mol. The van der Waals surface area contributed by atoms with Crippen molar-refractivity contribution < 1.29 is 32.6 Å². The highest BCUT2D eigenvalue weighted by molar-refractivity contribution is 5.85. The van der Waals surface area contributed by atoms with Gasteiger partial charge < -0.3 is 9.84 Å². The molecule has 0 saturated heterocycles. The number of hydrogen-bond donors (Lipinski definition) is 2. The van der Waals surface area contributed by atoms with E-state index in [1.165, 1.54) is 0 Å². The second-order valence-electron chi connectivity index (χ2n) is 5.60. The highest BCUT2D eigenvalue weighted by Gasteiger charge is 2.37. The Morgan fingerprint density at radius 2 is 1.86 bits per heavy atom. The lowest BCUT2D eigenvalue weighted by Crippen LogP contribution is -2.27. The number of amides is 1. The zero-order chi connectivity index (χ0) is 17.1. The summed E-state index contributed by atoms with van der Waals surface area (Å²) in [6, 6.07) is 2.47. The summed E-state index contributed by atoms with van der Waals surface area (Å²) in [5.74, 6) is -6.93. The second kappa shape index (κ2) is 6.25. The number of carbonyl (C=O) groups is 2. The summed E-state index contributed by atoms with van der Waals surface area (Å²) in [6.07, 6.45) is -2.45. The summed E-state index contributed by atoms with van der Waals surface area (Å²) in [4.78, 5) is 22.0.